The summed E-state index contributed by atoms with van der Waals surface area (Å²) in [6, 6.07) is 14.1. The predicted octanol–water partition coefficient (Wildman–Crippen LogP) is 2.04. The fourth-order valence-electron chi connectivity index (χ4n) is 1.75. The molecule has 0 heterocycles. The first kappa shape index (κ1) is 16.9. The maximum absolute atomic E-state index is 11.3. The molecule has 0 saturated heterocycles. The molecule has 0 saturated carbocycles. The van der Waals surface area contributed by atoms with Crippen molar-refractivity contribution >= 4 is 57.5 Å². The van der Waals surface area contributed by atoms with Crippen LogP contribution in [-0.2, 0) is 10.1 Å². The number of nitrogens with two attached hydrogens (primary N) is 1. The summed E-state index contributed by atoms with van der Waals surface area (Å²) in [5.74, 6) is 0. The van der Waals surface area contributed by atoms with Crippen molar-refractivity contribution in [2.75, 3.05) is 5.73 Å². The van der Waals surface area contributed by atoms with E-state index in [2.05, 4.69) is 0 Å². The van der Waals surface area contributed by atoms with Gasteiger partial charge in [0.05, 0.1) is 5.69 Å². The van der Waals surface area contributed by atoms with E-state index in [1.54, 1.807) is 24.3 Å². The van der Waals surface area contributed by atoms with Crippen molar-refractivity contribution in [2.45, 2.75) is 4.90 Å². The van der Waals surface area contributed by atoms with Crippen molar-refractivity contribution in [3.8, 4) is 0 Å². The second-order valence-electron chi connectivity index (χ2n) is 3.98. The molecule has 2 aromatic rings. The van der Waals surface area contributed by atoms with Crippen LogP contribution in [0.3, 0.4) is 0 Å². The van der Waals surface area contributed by atoms with Gasteiger partial charge in [-0.15, -0.1) is 0 Å². The molecular formula is C14H14NNaO3S. The topological polar surface area (TPSA) is 80.4 Å². The minimum atomic E-state index is -4.34. The van der Waals surface area contributed by atoms with Crippen molar-refractivity contribution in [1.29, 1.82) is 0 Å². The molecule has 0 atom stereocenters. The first-order chi connectivity index (χ1) is 8.98. The normalized spacial score (nSPS) is 11.2. The SMILES string of the molecule is Nc1cccc(C=Cc2ccccc2)c1S(=O)(=O)O.[NaH]. The number of hydrogen-bond donors (Lipinski definition) is 2. The van der Waals surface area contributed by atoms with Gasteiger partial charge >= 0.3 is 29.6 Å². The monoisotopic (exact) mass is 299 g/mol. The summed E-state index contributed by atoms with van der Waals surface area (Å²) >= 11 is 0. The van der Waals surface area contributed by atoms with Gasteiger partial charge < -0.3 is 5.73 Å². The quantitative estimate of drug-likeness (QED) is 0.393. The average molecular weight is 299 g/mol. The van der Waals surface area contributed by atoms with E-state index in [9.17, 15) is 13.0 Å². The van der Waals surface area contributed by atoms with Crippen molar-refractivity contribution in [3.05, 3.63) is 59.7 Å². The zero-order chi connectivity index (χ0) is 13.9. The minimum absolute atomic E-state index is 0. The molecule has 0 aliphatic heterocycles. The zero-order valence-corrected chi connectivity index (χ0v) is 10.8. The number of rotatable bonds is 3. The molecule has 0 radical (unpaired) electrons. The molecule has 0 aliphatic carbocycles. The number of nitrogen functional groups attached to an aromatic ring is 1. The first-order valence-electron chi connectivity index (χ1n) is 5.57. The van der Waals surface area contributed by atoms with E-state index in [0.717, 1.165) is 5.56 Å². The van der Waals surface area contributed by atoms with Crippen LogP contribution in [0.5, 0.6) is 0 Å². The van der Waals surface area contributed by atoms with Gasteiger partial charge in [0.15, 0.2) is 0 Å². The Balaban J connectivity index is 0.00000200. The average Bonchev–Trinajstić information content (AvgIpc) is 2.36. The molecule has 2 rings (SSSR count). The summed E-state index contributed by atoms with van der Waals surface area (Å²) in [6.07, 6.45) is 3.36. The maximum atomic E-state index is 11.3. The van der Waals surface area contributed by atoms with Gasteiger partial charge in [0, 0.05) is 0 Å². The molecule has 0 bridgehead atoms. The van der Waals surface area contributed by atoms with Crippen LogP contribution in [0.2, 0.25) is 0 Å². The third-order valence-corrected chi connectivity index (χ3v) is 3.58. The first-order valence-corrected chi connectivity index (χ1v) is 7.01. The van der Waals surface area contributed by atoms with Crippen LogP contribution in [0.1, 0.15) is 11.1 Å². The third kappa shape index (κ3) is 4.19. The van der Waals surface area contributed by atoms with Gasteiger partial charge in [-0.25, -0.2) is 0 Å². The molecular weight excluding hydrogens is 285 g/mol. The Morgan fingerprint density at radius 2 is 1.60 bits per heavy atom. The van der Waals surface area contributed by atoms with Gasteiger partial charge in [0.25, 0.3) is 10.1 Å². The summed E-state index contributed by atoms with van der Waals surface area (Å²) in [5, 5.41) is 0. The molecule has 0 fully saturated rings. The standard InChI is InChI=1S/C14H13NO3S.Na.H/c15-13-8-4-7-12(14(13)19(16,17)18)10-9-11-5-2-1-3-6-11;;/h1-10H,15H2,(H,16,17,18);;. The van der Waals surface area contributed by atoms with E-state index in [1.807, 2.05) is 30.3 Å². The van der Waals surface area contributed by atoms with Crippen molar-refractivity contribution in [2.24, 2.45) is 0 Å². The fourth-order valence-corrected chi connectivity index (χ4v) is 2.55. The molecule has 0 unspecified atom stereocenters. The second-order valence-corrected chi connectivity index (χ2v) is 5.34. The Kier molecular flexibility index (Phi) is 5.98. The molecule has 0 amide bonds. The van der Waals surface area contributed by atoms with Crippen LogP contribution in [0.15, 0.2) is 53.4 Å². The summed E-state index contributed by atoms with van der Waals surface area (Å²) in [7, 11) is -4.34. The summed E-state index contributed by atoms with van der Waals surface area (Å²) in [6.45, 7) is 0. The Hall–Kier alpha value is -1.11. The summed E-state index contributed by atoms with van der Waals surface area (Å²) < 4.78 is 31.9. The fraction of sp³-hybridized carbons (Fsp3) is 0. The van der Waals surface area contributed by atoms with Crippen LogP contribution in [0.25, 0.3) is 12.2 Å². The molecule has 3 N–H and O–H groups in total. The van der Waals surface area contributed by atoms with Gasteiger partial charge in [0.1, 0.15) is 4.90 Å². The van der Waals surface area contributed by atoms with Crippen LogP contribution >= 0.6 is 0 Å². The van der Waals surface area contributed by atoms with E-state index in [-0.39, 0.29) is 40.1 Å². The van der Waals surface area contributed by atoms with Gasteiger partial charge in [0.2, 0.25) is 0 Å². The molecule has 0 spiro atoms. The molecule has 2 aromatic carbocycles. The Labute approximate surface area is 140 Å². The Morgan fingerprint density at radius 1 is 0.950 bits per heavy atom. The number of hydrogen-bond acceptors (Lipinski definition) is 3. The second kappa shape index (κ2) is 7.06. The van der Waals surface area contributed by atoms with Gasteiger partial charge in [-0.2, -0.15) is 8.42 Å². The molecule has 0 aliphatic rings. The van der Waals surface area contributed by atoms with Crippen molar-refractivity contribution < 1.29 is 13.0 Å². The summed E-state index contributed by atoms with van der Waals surface area (Å²) in [4.78, 5) is -0.262. The van der Waals surface area contributed by atoms with Crippen LogP contribution < -0.4 is 5.73 Å². The molecule has 4 nitrogen and oxygen atoms in total. The van der Waals surface area contributed by atoms with Gasteiger partial charge in [-0.05, 0) is 17.2 Å². The zero-order valence-electron chi connectivity index (χ0n) is 10.0. The molecule has 100 valence electrons. The molecule has 20 heavy (non-hydrogen) atoms. The third-order valence-electron chi connectivity index (χ3n) is 2.59. The number of anilines is 1. The van der Waals surface area contributed by atoms with E-state index < -0.39 is 10.1 Å². The van der Waals surface area contributed by atoms with E-state index >= 15 is 0 Å². The molecule has 6 heteroatoms. The van der Waals surface area contributed by atoms with Crippen LogP contribution in [0, 0.1) is 0 Å². The number of benzene rings is 2. The summed E-state index contributed by atoms with van der Waals surface area (Å²) in [5.41, 5.74) is 6.90. The van der Waals surface area contributed by atoms with Crippen molar-refractivity contribution in [3.63, 3.8) is 0 Å². The van der Waals surface area contributed by atoms with E-state index in [4.69, 9.17) is 5.73 Å². The van der Waals surface area contributed by atoms with E-state index in [0.29, 0.717) is 5.56 Å². The van der Waals surface area contributed by atoms with Crippen molar-refractivity contribution in [1.82, 2.24) is 0 Å². The predicted molar refractivity (Wildman–Crippen MR) is 83.2 cm³/mol. The van der Waals surface area contributed by atoms with E-state index in [1.165, 1.54) is 6.07 Å². The van der Waals surface area contributed by atoms with Gasteiger partial charge in [-0.3, -0.25) is 4.55 Å². The van der Waals surface area contributed by atoms with Gasteiger partial charge in [-0.1, -0.05) is 54.6 Å². The Bertz CT molecular complexity index is 712. The Morgan fingerprint density at radius 3 is 2.20 bits per heavy atom. The van der Waals surface area contributed by atoms with Crippen LogP contribution in [0.4, 0.5) is 5.69 Å². The van der Waals surface area contributed by atoms with Crippen LogP contribution in [-0.4, -0.2) is 42.5 Å². The molecule has 0 aromatic heterocycles.